The van der Waals surface area contributed by atoms with E-state index in [0.717, 1.165) is 10.0 Å². The lowest BCUT2D eigenvalue weighted by molar-refractivity contribution is 0.896. The second-order valence-electron chi connectivity index (χ2n) is 3.29. The first-order chi connectivity index (χ1) is 7.69. The summed E-state index contributed by atoms with van der Waals surface area (Å²) in [7, 11) is 0. The third-order valence-electron chi connectivity index (χ3n) is 2.12. The standard InChI is InChI=1S/C11H10BrN3O/c12-8-3-1-7(2-4-8)9-5-11(16)15-10(6-13)14-9/h1-5H,6,13H2,(H,14,15,16). The van der Waals surface area contributed by atoms with Crippen molar-refractivity contribution in [1.29, 1.82) is 0 Å². The van der Waals surface area contributed by atoms with Crippen molar-refractivity contribution in [2.24, 2.45) is 5.73 Å². The number of nitrogens with zero attached hydrogens (tertiary/aromatic N) is 1. The number of rotatable bonds is 2. The number of hydrogen-bond donors (Lipinski definition) is 2. The minimum atomic E-state index is -0.187. The van der Waals surface area contributed by atoms with Crippen LogP contribution >= 0.6 is 15.9 Å². The fraction of sp³-hybridized carbons (Fsp3) is 0.0909. The van der Waals surface area contributed by atoms with Gasteiger partial charge in [-0.05, 0) is 12.1 Å². The predicted molar refractivity (Wildman–Crippen MR) is 65.9 cm³/mol. The summed E-state index contributed by atoms with van der Waals surface area (Å²) >= 11 is 3.35. The minimum absolute atomic E-state index is 0.187. The fourth-order valence-electron chi connectivity index (χ4n) is 1.37. The van der Waals surface area contributed by atoms with Crippen LogP contribution in [0.4, 0.5) is 0 Å². The van der Waals surface area contributed by atoms with Crippen molar-refractivity contribution in [3.05, 3.63) is 51.0 Å². The van der Waals surface area contributed by atoms with E-state index in [4.69, 9.17) is 5.73 Å². The lowest BCUT2D eigenvalue weighted by atomic mass is 10.1. The predicted octanol–water partition coefficient (Wildman–Crippen LogP) is 1.66. The lowest BCUT2D eigenvalue weighted by Gasteiger charge is -2.02. The van der Waals surface area contributed by atoms with Gasteiger partial charge in [0.1, 0.15) is 5.82 Å². The highest BCUT2D eigenvalue weighted by molar-refractivity contribution is 9.10. The van der Waals surface area contributed by atoms with Crippen LogP contribution in [0.3, 0.4) is 0 Å². The maximum absolute atomic E-state index is 11.3. The van der Waals surface area contributed by atoms with Crippen molar-refractivity contribution >= 4 is 15.9 Å². The number of H-pyrrole nitrogens is 1. The fourth-order valence-corrected chi connectivity index (χ4v) is 1.64. The summed E-state index contributed by atoms with van der Waals surface area (Å²) < 4.78 is 0.986. The van der Waals surface area contributed by atoms with Gasteiger partial charge in [-0.25, -0.2) is 4.98 Å². The van der Waals surface area contributed by atoms with E-state index in [-0.39, 0.29) is 12.1 Å². The molecule has 0 saturated heterocycles. The molecule has 0 unspecified atom stereocenters. The zero-order valence-electron chi connectivity index (χ0n) is 8.40. The number of benzene rings is 1. The molecule has 82 valence electrons. The molecular weight excluding hydrogens is 270 g/mol. The average Bonchev–Trinajstić information content (AvgIpc) is 2.29. The monoisotopic (exact) mass is 279 g/mol. The average molecular weight is 280 g/mol. The number of nitrogens with two attached hydrogens (primary N) is 1. The summed E-state index contributed by atoms with van der Waals surface area (Å²) in [5, 5.41) is 0. The van der Waals surface area contributed by atoms with E-state index >= 15 is 0 Å². The summed E-state index contributed by atoms with van der Waals surface area (Å²) in [6.45, 7) is 0.222. The Kier molecular flexibility index (Phi) is 3.17. The molecule has 1 aromatic carbocycles. The summed E-state index contributed by atoms with van der Waals surface area (Å²) in [5.74, 6) is 0.491. The van der Waals surface area contributed by atoms with Gasteiger partial charge >= 0.3 is 0 Å². The molecule has 4 nitrogen and oxygen atoms in total. The van der Waals surface area contributed by atoms with E-state index in [1.165, 1.54) is 6.07 Å². The molecule has 3 N–H and O–H groups in total. The molecule has 0 atom stereocenters. The van der Waals surface area contributed by atoms with Crippen LogP contribution in [0.2, 0.25) is 0 Å². The SMILES string of the molecule is NCc1nc(-c2ccc(Br)cc2)cc(=O)[nH]1. The summed E-state index contributed by atoms with van der Waals surface area (Å²) in [5.41, 5.74) is 6.79. The maximum atomic E-state index is 11.3. The van der Waals surface area contributed by atoms with Crippen LogP contribution in [-0.2, 0) is 6.54 Å². The van der Waals surface area contributed by atoms with Crippen molar-refractivity contribution in [3.63, 3.8) is 0 Å². The molecule has 0 aliphatic carbocycles. The molecule has 0 fully saturated rings. The second kappa shape index (κ2) is 4.59. The molecule has 16 heavy (non-hydrogen) atoms. The highest BCUT2D eigenvalue weighted by Gasteiger charge is 2.02. The molecule has 0 aliphatic heterocycles. The van der Waals surface area contributed by atoms with Gasteiger partial charge in [-0.1, -0.05) is 28.1 Å². The molecule has 1 heterocycles. The van der Waals surface area contributed by atoms with E-state index in [1.54, 1.807) is 0 Å². The molecule has 2 aromatic rings. The van der Waals surface area contributed by atoms with Gasteiger partial charge in [0.2, 0.25) is 0 Å². The molecule has 0 aliphatic rings. The largest absolute Gasteiger partial charge is 0.324 e. The van der Waals surface area contributed by atoms with Gasteiger partial charge in [-0.3, -0.25) is 4.79 Å². The van der Waals surface area contributed by atoms with Crippen LogP contribution in [-0.4, -0.2) is 9.97 Å². The topological polar surface area (TPSA) is 71.8 Å². The first-order valence-electron chi connectivity index (χ1n) is 4.75. The van der Waals surface area contributed by atoms with Gasteiger partial charge in [0.05, 0.1) is 12.2 Å². The Balaban J connectivity index is 2.51. The molecule has 0 spiro atoms. The number of halogens is 1. The van der Waals surface area contributed by atoms with E-state index < -0.39 is 0 Å². The van der Waals surface area contributed by atoms with E-state index in [2.05, 4.69) is 25.9 Å². The Labute approximate surface area is 101 Å². The Morgan fingerprint density at radius 1 is 1.31 bits per heavy atom. The van der Waals surface area contributed by atoms with Crippen LogP contribution in [0, 0.1) is 0 Å². The Bertz CT molecular complexity index is 548. The number of aromatic amines is 1. The zero-order valence-corrected chi connectivity index (χ0v) is 9.99. The summed E-state index contributed by atoms with van der Waals surface area (Å²) in [6.07, 6.45) is 0. The van der Waals surface area contributed by atoms with Gasteiger partial charge in [0.25, 0.3) is 5.56 Å². The molecule has 5 heteroatoms. The van der Waals surface area contributed by atoms with Crippen LogP contribution in [0.5, 0.6) is 0 Å². The molecule has 2 rings (SSSR count). The van der Waals surface area contributed by atoms with E-state index in [0.29, 0.717) is 11.5 Å². The van der Waals surface area contributed by atoms with Crippen molar-refractivity contribution in [2.45, 2.75) is 6.54 Å². The van der Waals surface area contributed by atoms with Crippen LogP contribution in [0.15, 0.2) is 39.6 Å². The Morgan fingerprint density at radius 3 is 2.62 bits per heavy atom. The molecule has 0 saturated carbocycles. The Morgan fingerprint density at radius 2 is 2.00 bits per heavy atom. The van der Waals surface area contributed by atoms with Gasteiger partial charge in [0, 0.05) is 16.1 Å². The van der Waals surface area contributed by atoms with Crippen LogP contribution in [0.1, 0.15) is 5.82 Å². The van der Waals surface area contributed by atoms with Crippen molar-refractivity contribution in [3.8, 4) is 11.3 Å². The lowest BCUT2D eigenvalue weighted by Crippen LogP contribution is -2.13. The summed E-state index contributed by atoms with van der Waals surface area (Å²) in [6, 6.07) is 9.06. The summed E-state index contributed by atoms with van der Waals surface area (Å²) in [4.78, 5) is 18.2. The van der Waals surface area contributed by atoms with Crippen molar-refractivity contribution < 1.29 is 0 Å². The van der Waals surface area contributed by atoms with Crippen LogP contribution < -0.4 is 11.3 Å². The first kappa shape index (κ1) is 11.0. The van der Waals surface area contributed by atoms with Gasteiger partial charge in [-0.15, -0.1) is 0 Å². The second-order valence-corrected chi connectivity index (χ2v) is 4.20. The van der Waals surface area contributed by atoms with Crippen molar-refractivity contribution in [1.82, 2.24) is 9.97 Å². The first-order valence-corrected chi connectivity index (χ1v) is 5.54. The van der Waals surface area contributed by atoms with Crippen LogP contribution in [0.25, 0.3) is 11.3 Å². The maximum Gasteiger partial charge on any atom is 0.251 e. The third-order valence-corrected chi connectivity index (χ3v) is 2.65. The number of hydrogen-bond acceptors (Lipinski definition) is 3. The molecule has 0 bridgehead atoms. The smallest absolute Gasteiger partial charge is 0.251 e. The van der Waals surface area contributed by atoms with E-state index in [1.807, 2.05) is 24.3 Å². The quantitative estimate of drug-likeness (QED) is 0.878. The van der Waals surface area contributed by atoms with E-state index in [9.17, 15) is 4.79 Å². The molecule has 1 aromatic heterocycles. The molecule has 0 radical (unpaired) electrons. The zero-order chi connectivity index (χ0) is 11.5. The molecular formula is C11H10BrN3O. The van der Waals surface area contributed by atoms with Gasteiger partial charge in [-0.2, -0.15) is 0 Å². The van der Waals surface area contributed by atoms with Gasteiger partial charge in [0.15, 0.2) is 0 Å². The number of nitrogens with one attached hydrogen (secondary N) is 1. The highest BCUT2D eigenvalue weighted by atomic mass is 79.9. The van der Waals surface area contributed by atoms with Crippen molar-refractivity contribution in [2.75, 3.05) is 0 Å². The minimum Gasteiger partial charge on any atom is -0.324 e. The Hall–Kier alpha value is -1.46. The number of aromatic nitrogens is 2. The third kappa shape index (κ3) is 2.37. The molecule has 0 amide bonds. The highest BCUT2D eigenvalue weighted by Crippen LogP contribution is 2.18. The normalized spacial score (nSPS) is 10.4. The van der Waals surface area contributed by atoms with Gasteiger partial charge < -0.3 is 10.7 Å².